The molecular formula is C19H23N. The Morgan fingerprint density at radius 2 is 2.05 bits per heavy atom. The van der Waals surface area contributed by atoms with Crippen LogP contribution in [0.5, 0.6) is 0 Å². The lowest BCUT2D eigenvalue weighted by molar-refractivity contribution is 1.04. The lowest BCUT2D eigenvalue weighted by Gasteiger charge is -2.24. The first-order valence-electron chi connectivity index (χ1n) is 6.80. The van der Waals surface area contributed by atoms with E-state index in [0.717, 1.165) is 17.9 Å². The van der Waals surface area contributed by atoms with Gasteiger partial charge in [-0.3, -0.25) is 0 Å². The molecule has 0 heterocycles. The maximum absolute atomic E-state index is 3.90. The summed E-state index contributed by atoms with van der Waals surface area (Å²) >= 11 is 0. The maximum atomic E-state index is 3.90. The zero-order valence-electron chi connectivity index (χ0n) is 12.4. The van der Waals surface area contributed by atoms with Gasteiger partial charge < -0.3 is 4.90 Å². The number of allylic oxidation sites excluding steroid dienone is 6. The van der Waals surface area contributed by atoms with Crippen LogP contribution in [0.15, 0.2) is 85.7 Å². The van der Waals surface area contributed by atoms with E-state index >= 15 is 0 Å². The highest BCUT2D eigenvalue weighted by Crippen LogP contribution is 2.21. The Hall–Kier alpha value is -2.28. The van der Waals surface area contributed by atoms with Crippen molar-refractivity contribution in [2.75, 3.05) is 11.4 Å². The molecule has 0 aliphatic heterocycles. The molecule has 1 rings (SSSR count). The molecule has 0 amide bonds. The molecule has 0 spiro atoms. The topological polar surface area (TPSA) is 3.24 Å². The van der Waals surface area contributed by atoms with Crippen LogP contribution in [-0.2, 0) is 0 Å². The van der Waals surface area contributed by atoms with Gasteiger partial charge in [-0.15, -0.1) is 0 Å². The van der Waals surface area contributed by atoms with Gasteiger partial charge in [0, 0.05) is 17.9 Å². The molecule has 0 saturated carbocycles. The highest BCUT2D eigenvalue weighted by Gasteiger charge is 2.07. The van der Waals surface area contributed by atoms with E-state index in [9.17, 15) is 0 Å². The molecule has 0 atom stereocenters. The molecule has 1 heteroatoms. The van der Waals surface area contributed by atoms with Gasteiger partial charge >= 0.3 is 0 Å². The molecule has 1 aromatic carbocycles. The van der Waals surface area contributed by atoms with E-state index in [1.807, 2.05) is 31.2 Å². The Balaban J connectivity index is 3.09. The summed E-state index contributed by atoms with van der Waals surface area (Å²) in [7, 11) is 0. The fourth-order valence-corrected chi connectivity index (χ4v) is 1.90. The molecular weight excluding hydrogens is 242 g/mol. The van der Waals surface area contributed by atoms with E-state index in [-0.39, 0.29) is 0 Å². The summed E-state index contributed by atoms with van der Waals surface area (Å²) in [6, 6.07) is 8.45. The number of anilines is 1. The van der Waals surface area contributed by atoms with Gasteiger partial charge in [-0.25, -0.2) is 0 Å². The molecule has 1 aromatic rings. The van der Waals surface area contributed by atoms with Crippen molar-refractivity contribution in [3.8, 4) is 0 Å². The zero-order valence-corrected chi connectivity index (χ0v) is 12.4. The number of hydrogen-bond acceptors (Lipinski definition) is 1. The third kappa shape index (κ3) is 4.77. The van der Waals surface area contributed by atoms with Crippen LogP contribution < -0.4 is 4.90 Å². The molecule has 0 aliphatic rings. The van der Waals surface area contributed by atoms with Gasteiger partial charge in [0.05, 0.1) is 0 Å². The molecule has 0 bridgehead atoms. The molecule has 0 saturated heterocycles. The lowest BCUT2D eigenvalue weighted by Crippen LogP contribution is -2.21. The minimum Gasteiger partial charge on any atom is -0.338 e. The Kier molecular flexibility index (Phi) is 6.91. The average molecular weight is 265 g/mol. The van der Waals surface area contributed by atoms with E-state index in [1.165, 1.54) is 5.56 Å². The van der Waals surface area contributed by atoms with E-state index < -0.39 is 0 Å². The molecule has 0 unspecified atom stereocenters. The third-order valence-electron chi connectivity index (χ3n) is 2.85. The van der Waals surface area contributed by atoms with E-state index in [4.69, 9.17) is 0 Å². The summed E-state index contributed by atoms with van der Waals surface area (Å²) in [6.45, 7) is 12.6. The third-order valence-corrected chi connectivity index (χ3v) is 2.85. The second-order valence-corrected chi connectivity index (χ2v) is 4.43. The minimum atomic E-state index is 0.791. The minimum absolute atomic E-state index is 0.791. The van der Waals surface area contributed by atoms with Gasteiger partial charge in [0.15, 0.2) is 0 Å². The molecule has 0 radical (unpaired) electrons. The molecule has 0 N–H and O–H groups in total. The summed E-state index contributed by atoms with van der Waals surface area (Å²) in [5.41, 5.74) is 3.44. The van der Waals surface area contributed by atoms with Crippen LogP contribution in [0.1, 0.15) is 12.5 Å². The highest BCUT2D eigenvalue weighted by atomic mass is 15.1. The van der Waals surface area contributed by atoms with Crippen LogP contribution in [0, 0.1) is 6.92 Å². The van der Waals surface area contributed by atoms with Crippen molar-refractivity contribution in [1.29, 1.82) is 0 Å². The molecule has 0 fully saturated rings. The molecule has 0 aromatic heterocycles. The summed E-state index contributed by atoms with van der Waals surface area (Å²) in [4.78, 5) is 2.21. The fraction of sp³-hybridized carbons (Fsp3) is 0.158. The lowest BCUT2D eigenvalue weighted by atomic mass is 10.2. The first kappa shape index (κ1) is 15.8. The predicted octanol–water partition coefficient (Wildman–Crippen LogP) is 5.19. The summed E-state index contributed by atoms with van der Waals surface area (Å²) in [5.74, 6) is 0. The molecule has 0 aliphatic carbocycles. The van der Waals surface area contributed by atoms with Crippen molar-refractivity contribution in [1.82, 2.24) is 0 Å². The standard InChI is InChI=1S/C19H23N/c1-5-8-9-10-15-20(18(7-3)12-6-2)19-14-11-13-17(4)16-19/h5-14,16H,2-3,15H2,1,4H3/b8-5-,10-9-,18-12+. The van der Waals surface area contributed by atoms with E-state index in [2.05, 4.69) is 61.4 Å². The molecule has 1 nitrogen and oxygen atoms in total. The number of nitrogens with zero attached hydrogens (tertiary/aromatic N) is 1. The smallest absolute Gasteiger partial charge is 0.0416 e. The van der Waals surface area contributed by atoms with Crippen LogP contribution in [0.25, 0.3) is 0 Å². The molecule has 104 valence electrons. The van der Waals surface area contributed by atoms with Crippen molar-refractivity contribution in [2.24, 2.45) is 0 Å². The van der Waals surface area contributed by atoms with Crippen molar-refractivity contribution in [3.63, 3.8) is 0 Å². The summed E-state index contributed by atoms with van der Waals surface area (Å²) in [5, 5.41) is 0. The quantitative estimate of drug-likeness (QED) is 0.613. The number of benzene rings is 1. The SMILES string of the molecule is C=C/C=C(\C=C)N(C/C=C\C=C/C)c1cccc(C)c1. The second-order valence-electron chi connectivity index (χ2n) is 4.43. The largest absolute Gasteiger partial charge is 0.338 e. The fourth-order valence-electron chi connectivity index (χ4n) is 1.90. The predicted molar refractivity (Wildman–Crippen MR) is 91.0 cm³/mol. The number of rotatable bonds is 7. The first-order chi connectivity index (χ1) is 9.72. The summed E-state index contributed by atoms with van der Waals surface area (Å²) < 4.78 is 0. The molecule has 20 heavy (non-hydrogen) atoms. The van der Waals surface area contributed by atoms with Gasteiger partial charge in [0.25, 0.3) is 0 Å². The zero-order chi connectivity index (χ0) is 14.8. The van der Waals surface area contributed by atoms with Crippen LogP contribution in [0.3, 0.4) is 0 Å². The Labute approximate surface area is 122 Å². The van der Waals surface area contributed by atoms with Gasteiger partial charge in [-0.05, 0) is 43.7 Å². The monoisotopic (exact) mass is 265 g/mol. The van der Waals surface area contributed by atoms with E-state index in [1.54, 1.807) is 6.08 Å². The number of hydrogen-bond donors (Lipinski definition) is 0. The number of aryl methyl sites for hydroxylation is 1. The van der Waals surface area contributed by atoms with Gasteiger partial charge in [-0.1, -0.05) is 55.7 Å². The van der Waals surface area contributed by atoms with Crippen LogP contribution >= 0.6 is 0 Å². The highest BCUT2D eigenvalue weighted by molar-refractivity contribution is 5.56. The Bertz CT molecular complexity index is 532. The van der Waals surface area contributed by atoms with Crippen molar-refractivity contribution in [3.05, 3.63) is 91.2 Å². The Morgan fingerprint density at radius 3 is 2.65 bits per heavy atom. The van der Waals surface area contributed by atoms with Crippen molar-refractivity contribution in [2.45, 2.75) is 13.8 Å². The van der Waals surface area contributed by atoms with Gasteiger partial charge in [0.2, 0.25) is 0 Å². The Morgan fingerprint density at radius 1 is 1.25 bits per heavy atom. The van der Waals surface area contributed by atoms with Crippen LogP contribution in [-0.4, -0.2) is 6.54 Å². The maximum Gasteiger partial charge on any atom is 0.0416 e. The van der Waals surface area contributed by atoms with Gasteiger partial charge in [-0.2, -0.15) is 0 Å². The van der Waals surface area contributed by atoms with Gasteiger partial charge in [0.1, 0.15) is 0 Å². The second kappa shape index (κ2) is 8.76. The van der Waals surface area contributed by atoms with Crippen LogP contribution in [0.2, 0.25) is 0 Å². The summed E-state index contributed by atoms with van der Waals surface area (Å²) in [6.07, 6.45) is 13.8. The van der Waals surface area contributed by atoms with Crippen molar-refractivity contribution >= 4 is 5.69 Å². The normalized spacial score (nSPS) is 12.0. The van der Waals surface area contributed by atoms with E-state index in [0.29, 0.717) is 0 Å². The first-order valence-corrected chi connectivity index (χ1v) is 6.80. The average Bonchev–Trinajstić information content (AvgIpc) is 2.45. The van der Waals surface area contributed by atoms with Crippen LogP contribution in [0.4, 0.5) is 5.69 Å². The van der Waals surface area contributed by atoms with Crippen molar-refractivity contribution < 1.29 is 0 Å².